The number of amides is 1. The van der Waals surface area contributed by atoms with Crippen LogP contribution >= 0.6 is 15.6 Å². The zero-order valence-electron chi connectivity index (χ0n) is 22.2. The van der Waals surface area contributed by atoms with E-state index in [4.69, 9.17) is 14.8 Å². The van der Waals surface area contributed by atoms with Crippen molar-refractivity contribution in [1.29, 1.82) is 0 Å². The van der Waals surface area contributed by atoms with E-state index in [1.165, 1.54) is 0 Å². The van der Waals surface area contributed by atoms with Crippen LogP contribution in [0.4, 0.5) is 0 Å². The minimum atomic E-state index is -5.61. The monoisotopic (exact) mass is 669 g/mol. The maximum Gasteiger partial charge on any atom is 0.481 e. The summed E-state index contributed by atoms with van der Waals surface area (Å²) in [5.74, 6) is -2.13. The molecule has 1 saturated heterocycles. The fourth-order valence-electron chi connectivity index (χ4n) is 4.33. The molecule has 0 spiro atoms. The van der Waals surface area contributed by atoms with Crippen molar-refractivity contribution in [1.82, 2.24) is 14.9 Å². The Bertz CT molecular complexity index is 1390. The Morgan fingerprint density at radius 2 is 1.84 bits per heavy atom. The van der Waals surface area contributed by atoms with Gasteiger partial charge in [-0.1, -0.05) is 5.11 Å². The number of phosphoric acid groups is 2. The number of rotatable bonds is 12. The molecule has 2 heterocycles. The van der Waals surface area contributed by atoms with Gasteiger partial charge in [-0.15, -0.1) is 0 Å². The first-order valence-electron chi connectivity index (χ1n) is 11.9. The number of nitrogens with zero attached hydrogens (tertiary/aromatic N) is 4. The molecular formula is C18H28N6NaO16P2. The summed E-state index contributed by atoms with van der Waals surface area (Å²) < 4.78 is 44.8. The quantitative estimate of drug-likeness (QED) is 0.0336. The Balaban J connectivity index is 0.00000645. The Hall–Kier alpha value is -1.52. The molecule has 22 nitrogen and oxygen atoms in total. The molecule has 237 valence electrons. The second kappa shape index (κ2) is 15.7. The average molecular weight is 669 g/mol. The van der Waals surface area contributed by atoms with Gasteiger partial charge < -0.3 is 45.4 Å². The molecule has 0 bridgehead atoms. The number of ether oxygens (including phenoxy) is 1. The van der Waals surface area contributed by atoms with E-state index < -0.39 is 114 Å². The van der Waals surface area contributed by atoms with Gasteiger partial charge in [0.05, 0.1) is 24.9 Å². The molecule has 1 aliphatic carbocycles. The molecule has 2 fully saturated rings. The van der Waals surface area contributed by atoms with E-state index in [0.29, 0.717) is 0 Å². The van der Waals surface area contributed by atoms with Gasteiger partial charge in [0.2, 0.25) is 5.91 Å². The van der Waals surface area contributed by atoms with Crippen LogP contribution in [-0.4, -0.2) is 143 Å². The van der Waals surface area contributed by atoms with Crippen LogP contribution in [0.3, 0.4) is 0 Å². The predicted molar refractivity (Wildman–Crippen MR) is 138 cm³/mol. The van der Waals surface area contributed by atoms with Gasteiger partial charge in [0.1, 0.15) is 31.0 Å². The third kappa shape index (κ3) is 9.73. The fraction of sp³-hybridized carbons (Fsp3) is 0.722. The molecule has 1 saturated carbocycles. The van der Waals surface area contributed by atoms with Crippen LogP contribution in [0.1, 0.15) is 12.6 Å². The molecule has 1 aliphatic heterocycles. The molecule has 1 aromatic heterocycles. The maximum absolute atomic E-state index is 12.6. The first kappa shape index (κ1) is 37.7. The van der Waals surface area contributed by atoms with Crippen molar-refractivity contribution >= 4 is 51.1 Å². The van der Waals surface area contributed by atoms with Crippen LogP contribution in [0.5, 0.6) is 0 Å². The molecule has 3 rings (SSSR count). The van der Waals surface area contributed by atoms with Gasteiger partial charge in [-0.25, -0.2) is 13.9 Å². The van der Waals surface area contributed by atoms with Crippen LogP contribution < -0.4 is 16.6 Å². The number of hydrogen-bond acceptors (Lipinski definition) is 15. The number of nitrogens with one attached hydrogen (secondary N) is 2. The number of carbonyl (C=O) groups is 1. The second-order valence-electron chi connectivity index (χ2n) is 9.16. The van der Waals surface area contributed by atoms with Crippen LogP contribution in [0.15, 0.2) is 27.0 Å². The van der Waals surface area contributed by atoms with E-state index in [1.54, 1.807) is 0 Å². The van der Waals surface area contributed by atoms with Gasteiger partial charge in [0.15, 0.2) is 6.23 Å². The maximum atomic E-state index is 12.6. The van der Waals surface area contributed by atoms with E-state index in [1.807, 2.05) is 4.98 Å². The minimum Gasteiger partial charge on any atom is -0.396 e. The average Bonchev–Trinajstić information content (AvgIpc) is 3.18. The standard InChI is InChI=1S/C18H28N6O16P2.Na/c19-23-20-4-11(27)21-12-8(3-7(5-25)13(28)15(12)30)39-42(35,36)40-41(33,34)37-6-9-14(29)16(31)17(38-9)24-2-1-10(26)22-18(24)32;/h1-2,7-9,12-17,25,28-31H,3-6H2,(H,21,27)(H,33,34)(H,35,36)(H,22,26,32);. The van der Waals surface area contributed by atoms with Gasteiger partial charge in [-0.2, -0.15) is 4.31 Å². The van der Waals surface area contributed by atoms with E-state index >= 15 is 0 Å². The third-order valence-electron chi connectivity index (χ3n) is 6.32. The molecule has 43 heavy (non-hydrogen) atoms. The number of phosphoric ester groups is 2. The van der Waals surface area contributed by atoms with Gasteiger partial charge in [0, 0.05) is 59.3 Å². The van der Waals surface area contributed by atoms with Gasteiger partial charge in [-0.05, 0) is 12.0 Å². The smallest absolute Gasteiger partial charge is 0.396 e. The molecule has 11 atom stereocenters. The molecule has 1 aromatic rings. The first-order chi connectivity index (χ1) is 19.6. The van der Waals surface area contributed by atoms with Crippen LogP contribution in [0, 0.1) is 5.92 Å². The first-order valence-corrected chi connectivity index (χ1v) is 14.9. The number of carbonyl (C=O) groups excluding carboxylic acids is 1. The Labute approximate surface area is 262 Å². The van der Waals surface area contributed by atoms with Crippen molar-refractivity contribution in [3.63, 3.8) is 0 Å². The Morgan fingerprint density at radius 1 is 1.16 bits per heavy atom. The normalized spacial score (nSPS) is 33.3. The summed E-state index contributed by atoms with van der Waals surface area (Å²) in [6, 6.07) is -0.725. The van der Waals surface area contributed by atoms with Gasteiger partial charge in [0.25, 0.3) is 5.56 Å². The number of aliphatic hydroxyl groups is 5. The van der Waals surface area contributed by atoms with E-state index in [-0.39, 0.29) is 29.6 Å². The van der Waals surface area contributed by atoms with Gasteiger partial charge in [-0.3, -0.25) is 28.2 Å². The molecule has 25 heteroatoms. The second-order valence-corrected chi connectivity index (χ2v) is 12.2. The van der Waals surface area contributed by atoms with Crippen molar-refractivity contribution in [2.24, 2.45) is 11.0 Å². The fourth-order valence-corrected chi connectivity index (χ4v) is 6.61. The van der Waals surface area contributed by atoms with E-state index in [0.717, 1.165) is 16.8 Å². The summed E-state index contributed by atoms with van der Waals surface area (Å²) in [7, 11) is -11.1. The molecule has 11 unspecified atom stereocenters. The van der Waals surface area contributed by atoms with Crippen LogP contribution in [0.25, 0.3) is 10.4 Å². The molecule has 9 N–H and O–H groups in total. The molecule has 2 aliphatic rings. The number of aliphatic hydroxyl groups excluding tert-OH is 5. The molecule has 1 radical (unpaired) electrons. The van der Waals surface area contributed by atoms with E-state index in [2.05, 4.69) is 24.2 Å². The van der Waals surface area contributed by atoms with E-state index in [9.17, 15) is 58.8 Å². The van der Waals surface area contributed by atoms with Gasteiger partial charge >= 0.3 is 21.3 Å². The Morgan fingerprint density at radius 3 is 2.44 bits per heavy atom. The van der Waals surface area contributed by atoms with Crippen molar-refractivity contribution in [2.75, 3.05) is 19.8 Å². The van der Waals surface area contributed by atoms with Crippen molar-refractivity contribution in [2.45, 2.75) is 55.3 Å². The number of azide groups is 1. The predicted octanol–water partition coefficient (Wildman–Crippen LogP) is -4.08. The molecule has 0 aromatic carbocycles. The SMILES string of the molecule is [N-]=[N+]=NCC(=O)NC1C(OP(=O)(O)OP(=O)(O)OCC2OC(n3ccc(=O)[nH]c3=O)C(O)C2O)CC(CO)C(O)C1O.[Na]. The minimum absolute atomic E-state index is 0. The summed E-state index contributed by atoms with van der Waals surface area (Å²) in [5.41, 5.74) is 6.58. The Kier molecular flexibility index (Phi) is 13.7. The summed E-state index contributed by atoms with van der Waals surface area (Å²) in [6.45, 7) is -2.54. The summed E-state index contributed by atoms with van der Waals surface area (Å²) in [4.78, 5) is 59.7. The number of aromatic nitrogens is 2. The summed E-state index contributed by atoms with van der Waals surface area (Å²) in [5, 5.41) is 55.6. The van der Waals surface area contributed by atoms with Crippen molar-refractivity contribution in [3.05, 3.63) is 43.5 Å². The van der Waals surface area contributed by atoms with Crippen LogP contribution in [0.2, 0.25) is 0 Å². The summed E-state index contributed by atoms with van der Waals surface area (Å²) >= 11 is 0. The topological polar surface area (TPSA) is 345 Å². The number of H-pyrrole nitrogens is 1. The summed E-state index contributed by atoms with van der Waals surface area (Å²) in [6.07, 6.45) is -11.5. The number of hydrogen-bond donors (Lipinski definition) is 9. The molecular weight excluding hydrogens is 641 g/mol. The molecule has 1 amide bonds. The zero-order valence-corrected chi connectivity index (χ0v) is 26.0. The largest absolute Gasteiger partial charge is 0.481 e. The zero-order chi connectivity index (χ0) is 31.4. The van der Waals surface area contributed by atoms with Crippen molar-refractivity contribution in [3.8, 4) is 0 Å². The van der Waals surface area contributed by atoms with Crippen molar-refractivity contribution < 1.29 is 67.3 Å². The third-order valence-corrected chi connectivity index (χ3v) is 8.98. The van der Waals surface area contributed by atoms with Crippen LogP contribution in [-0.2, 0) is 32.0 Å². The number of aromatic amines is 1.